The molecular weight excluding hydrogens is 1900 g/mol. The molecule has 0 unspecified atom stereocenters. The van der Waals surface area contributed by atoms with E-state index in [1.807, 2.05) is 0 Å². The summed E-state index contributed by atoms with van der Waals surface area (Å²) in [5.74, 6) is 0. The molecule has 0 aromatic rings. The summed E-state index contributed by atoms with van der Waals surface area (Å²) in [4.78, 5) is 0. The molecule has 0 saturated carbocycles. The molecular formula is H3Mo12O43PS. The topological polar surface area (TPSA) is 642 Å². The first-order valence-corrected chi connectivity index (χ1v) is 51.8. The molecule has 43 nitrogen and oxygen atoms in total. The SMILES string of the molecule is O=P([O][Mo](=[O])(=[O])[O][Mo](=[O])(=[O])[O][Mo](=[O])(=[O])[O][Mo](=[O])(=[O])[OH])([O][Mo](=[O])(=[O])[O][Mo](=[O])(=[O])[O][Mo](=[O])(=[O])[O][Mo](=[O])(=[O])[OH])[O][Mo](=[O])(=[O])[O][Mo](=[O])(=[O])[O][Mo](=[O])(=[O])[O][Mo](=[O])(=[O])[O]S(=O)(=O)O. The molecule has 57 heavy (non-hydrogen) atoms. The van der Waals surface area contributed by atoms with E-state index in [1.54, 1.807) is 0 Å². The van der Waals surface area contributed by atoms with Gasteiger partial charge in [0.1, 0.15) is 0 Å². The van der Waals surface area contributed by atoms with Crippen LogP contribution in [0.5, 0.6) is 0 Å². The maximum atomic E-state index is 12.8. The second kappa shape index (κ2) is 19.8. The summed E-state index contributed by atoms with van der Waals surface area (Å²) >= 11 is -99.2. The zero-order valence-corrected chi connectivity index (χ0v) is 49.2. The quantitative estimate of drug-likeness (QED) is 0.0416. The Morgan fingerprint density at radius 3 is 0.684 bits per heavy atom. The zero-order chi connectivity index (χ0) is 46.2. The van der Waals surface area contributed by atoms with E-state index in [0.717, 1.165) is 0 Å². The van der Waals surface area contributed by atoms with Crippen molar-refractivity contribution in [2.45, 2.75) is 0 Å². The van der Waals surface area contributed by atoms with Crippen molar-refractivity contribution >= 4 is 18.2 Å². The second-order valence-electron chi connectivity index (χ2n) is 6.72. The Balaban J connectivity index is 7.06. The van der Waals surface area contributed by atoms with Gasteiger partial charge in [0.15, 0.2) is 0 Å². The van der Waals surface area contributed by atoms with E-state index in [9.17, 15) is 94.5 Å². The molecule has 0 radical (unpaired) electrons. The van der Waals surface area contributed by atoms with Crippen molar-refractivity contribution < 1.29 is 338 Å². The number of hydrogen-bond acceptors (Lipinski definition) is 40. The third-order valence-corrected chi connectivity index (χ3v) is 65.4. The standard InChI is InChI=1S/12Mo.H3O4P.H2O4S.2H2O.33O/c;;;;;;;;;;;;2*1-5(2,3)4;;;;;;;;;;;;;;;;;;;;;;;;;;;;;;;;;;;/h;;;;;;;;;;;;(H3,1,2,3,4);(H2,1,2,3,4);2*1H2;;;;;;;;;;;;;;;;;;;;;;;;;;;;;;;;;/q;;;;;;6*+1;;;;;;;;;;;;;;;;;;;;;;;;;;;;;;;;;;;;;/p-6. The minimum atomic E-state index is -8.95. The molecule has 0 aromatic heterocycles. The van der Waals surface area contributed by atoms with E-state index in [1.165, 1.54) is 0 Å². The van der Waals surface area contributed by atoms with Crippen molar-refractivity contribution in [3.8, 4) is 0 Å². The van der Waals surface area contributed by atoms with Crippen LogP contribution in [0.15, 0.2) is 0 Å². The van der Waals surface area contributed by atoms with Crippen LogP contribution in [0.1, 0.15) is 0 Å². The van der Waals surface area contributed by atoms with Gasteiger partial charge >= 0.3 is 357 Å². The Bertz CT molecular complexity index is 2970. The molecule has 0 saturated heterocycles. The van der Waals surface area contributed by atoms with Gasteiger partial charge in [-0.1, -0.05) is 0 Å². The van der Waals surface area contributed by atoms with Crippen molar-refractivity contribution in [2.24, 2.45) is 0 Å². The van der Waals surface area contributed by atoms with Crippen LogP contribution < -0.4 is 0 Å². The molecule has 3 N–H and O–H groups in total. The van der Waals surface area contributed by atoms with Crippen LogP contribution in [0.25, 0.3) is 0 Å². The fraction of sp³-hybridized carbons (Fsp3) is 0. The van der Waals surface area contributed by atoms with E-state index < -0.39 is 219 Å². The van der Waals surface area contributed by atoms with E-state index >= 15 is 0 Å². The average molecular weight is 1910 g/mol. The first-order chi connectivity index (χ1) is 24.2. The maximum absolute atomic E-state index is 12.8. The molecule has 0 aliphatic heterocycles. The summed E-state index contributed by atoms with van der Waals surface area (Å²) in [5.41, 5.74) is 0. The second-order valence-corrected chi connectivity index (χ2v) is 58.4. The molecule has 0 spiro atoms. The van der Waals surface area contributed by atoms with Gasteiger partial charge in [0.05, 0.1) is 0 Å². The van der Waals surface area contributed by atoms with Crippen LogP contribution in [0, 0.1) is 0 Å². The molecule has 0 aliphatic rings. The molecule has 0 aliphatic carbocycles. The van der Waals surface area contributed by atoms with Crippen LogP contribution in [0.4, 0.5) is 0 Å². The van der Waals surface area contributed by atoms with E-state index in [2.05, 4.69) is 30.8 Å². The fourth-order valence-electron chi connectivity index (χ4n) is 1.52. The number of hydrogen-bond donors (Lipinski definition) is 3. The van der Waals surface area contributed by atoms with Gasteiger partial charge in [-0.3, -0.25) is 0 Å². The first kappa shape index (κ1) is 60.0. The molecule has 344 valence electrons. The monoisotopic (exact) mass is 1930 g/mol. The van der Waals surface area contributed by atoms with Gasteiger partial charge in [-0.15, -0.1) is 0 Å². The summed E-state index contributed by atoms with van der Waals surface area (Å²) in [6.07, 6.45) is 0. The van der Waals surface area contributed by atoms with E-state index in [-0.39, 0.29) is 0 Å². The Morgan fingerprint density at radius 2 is 0.491 bits per heavy atom. The van der Waals surface area contributed by atoms with Gasteiger partial charge in [-0.05, 0) is 0 Å². The Morgan fingerprint density at radius 1 is 0.316 bits per heavy atom. The summed E-state index contributed by atoms with van der Waals surface area (Å²) in [6, 6.07) is 0. The fourth-order valence-corrected chi connectivity index (χ4v) is 63.3. The number of phosphoric acid groups is 1. The first-order valence-electron chi connectivity index (χ1n) is 9.44. The molecule has 0 rings (SSSR count). The van der Waals surface area contributed by atoms with Crippen LogP contribution in [0.3, 0.4) is 0 Å². The minimum absolute atomic E-state index is 2.74. The summed E-state index contributed by atoms with van der Waals surface area (Å²) in [6.45, 7) is 0. The molecule has 0 aromatic carbocycles. The average Bonchev–Trinajstić information content (AvgIpc) is 2.63. The summed E-state index contributed by atoms with van der Waals surface area (Å²) in [7, 11) is -14.2. The van der Waals surface area contributed by atoms with Crippen molar-refractivity contribution in [3.05, 3.63) is 0 Å². The summed E-state index contributed by atoms with van der Waals surface area (Å²) < 4.78 is 373. The van der Waals surface area contributed by atoms with Gasteiger partial charge in [-0.25, -0.2) is 0 Å². The molecule has 0 bridgehead atoms. The van der Waals surface area contributed by atoms with Crippen LogP contribution in [-0.4, -0.2) is 20.5 Å². The molecule has 57 heteroatoms. The normalized spacial score (nSPS) is 15.6. The van der Waals surface area contributed by atoms with Gasteiger partial charge in [0.25, 0.3) is 0 Å². The zero-order valence-electron chi connectivity index (χ0n) is 23.4. The predicted octanol–water partition coefficient (Wildman–Crippen LogP) is -4.80. The van der Waals surface area contributed by atoms with Gasteiger partial charge in [-0.2, -0.15) is 0 Å². The van der Waals surface area contributed by atoms with Crippen molar-refractivity contribution in [3.63, 3.8) is 0 Å². The van der Waals surface area contributed by atoms with Crippen molar-refractivity contribution in [2.75, 3.05) is 0 Å². The van der Waals surface area contributed by atoms with Gasteiger partial charge in [0, 0.05) is 0 Å². The Kier molecular flexibility index (Phi) is 20.9. The van der Waals surface area contributed by atoms with Crippen LogP contribution >= 0.6 is 7.82 Å². The third kappa shape index (κ3) is 29.2. The van der Waals surface area contributed by atoms with E-state index in [0.29, 0.717) is 0 Å². The van der Waals surface area contributed by atoms with Gasteiger partial charge < -0.3 is 0 Å². The van der Waals surface area contributed by atoms with Crippen LogP contribution in [0.2, 0.25) is 0 Å². The number of rotatable bonds is 26. The van der Waals surface area contributed by atoms with Crippen LogP contribution in [-0.2, 0) is 328 Å². The third-order valence-electron chi connectivity index (χ3n) is 2.22. The van der Waals surface area contributed by atoms with E-state index in [4.69, 9.17) is 12.1 Å². The van der Waals surface area contributed by atoms with Gasteiger partial charge in [0.2, 0.25) is 0 Å². The Labute approximate surface area is 350 Å². The Hall–Kier alpha value is 3.00. The van der Waals surface area contributed by atoms with Crippen molar-refractivity contribution in [1.82, 2.24) is 0 Å². The molecule has 0 fully saturated rings. The summed E-state index contributed by atoms with van der Waals surface area (Å²) in [5, 5.41) is 0. The molecule has 0 atom stereocenters. The molecule has 0 heterocycles. The predicted molar refractivity (Wildman–Crippen MR) is 54.2 cm³/mol. The molecule has 0 amide bonds. The van der Waals surface area contributed by atoms with Crippen molar-refractivity contribution in [1.29, 1.82) is 0 Å².